The van der Waals surface area contributed by atoms with E-state index in [-0.39, 0.29) is 6.54 Å². The maximum absolute atomic E-state index is 10.2. The zero-order valence-electron chi connectivity index (χ0n) is 8.12. The smallest absolute Gasteiger partial charge is 0.317 e. The van der Waals surface area contributed by atoms with Gasteiger partial charge in [-0.15, -0.1) is 0 Å². The van der Waals surface area contributed by atoms with Crippen molar-refractivity contribution >= 4 is 5.97 Å². The van der Waals surface area contributed by atoms with Gasteiger partial charge in [0.2, 0.25) is 0 Å². The van der Waals surface area contributed by atoms with Crippen molar-refractivity contribution in [1.29, 1.82) is 0 Å². The maximum Gasteiger partial charge on any atom is 0.317 e. The summed E-state index contributed by atoms with van der Waals surface area (Å²) < 4.78 is 0. The SMILES string of the molecule is CN1CCC(CCNCC(=O)O)C1. The van der Waals surface area contributed by atoms with Crippen molar-refractivity contribution < 1.29 is 9.90 Å². The number of carbonyl (C=O) groups is 1. The van der Waals surface area contributed by atoms with Crippen molar-refractivity contribution in [1.82, 2.24) is 10.2 Å². The molecule has 1 aliphatic heterocycles. The first-order chi connectivity index (χ1) is 6.18. The summed E-state index contributed by atoms with van der Waals surface area (Å²) in [4.78, 5) is 12.5. The molecule has 0 amide bonds. The van der Waals surface area contributed by atoms with E-state index in [0.29, 0.717) is 0 Å². The zero-order valence-corrected chi connectivity index (χ0v) is 8.12. The highest BCUT2D eigenvalue weighted by Crippen LogP contribution is 2.16. The van der Waals surface area contributed by atoms with Crippen LogP contribution in [-0.4, -0.2) is 49.2 Å². The number of nitrogens with zero attached hydrogens (tertiary/aromatic N) is 1. The first-order valence-electron chi connectivity index (χ1n) is 4.79. The van der Waals surface area contributed by atoms with E-state index < -0.39 is 5.97 Å². The van der Waals surface area contributed by atoms with Gasteiger partial charge in [-0.2, -0.15) is 0 Å². The third kappa shape index (κ3) is 4.24. The van der Waals surface area contributed by atoms with Crippen LogP contribution in [-0.2, 0) is 4.79 Å². The highest BCUT2D eigenvalue weighted by molar-refractivity contribution is 5.68. The van der Waals surface area contributed by atoms with Crippen molar-refractivity contribution in [2.45, 2.75) is 12.8 Å². The molecule has 4 nitrogen and oxygen atoms in total. The summed E-state index contributed by atoms with van der Waals surface area (Å²) >= 11 is 0. The Balaban J connectivity index is 1.97. The van der Waals surface area contributed by atoms with Gasteiger partial charge < -0.3 is 15.3 Å². The van der Waals surface area contributed by atoms with Gasteiger partial charge in [0, 0.05) is 6.54 Å². The first-order valence-corrected chi connectivity index (χ1v) is 4.79. The van der Waals surface area contributed by atoms with E-state index in [2.05, 4.69) is 17.3 Å². The number of carboxylic acids is 1. The quantitative estimate of drug-likeness (QED) is 0.594. The Morgan fingerprint density at radius 2 is 2.46 bits per heavy atom. The lowest BCUT2D eigenvalue weighted by Gasteiger charge is -2.09. The molecule has 0 aromatic heterocycles. The predicted octanol–water partition coefficient (Wildman–Crippen LogP) is 0.00240. The normalized spacial score (nSPS) is 23.6. The summed E-state index contributed by atoms with van der Waals surface area (Å²) in [5.74, 6) is -0.0187. The molecule has 0 saturated carbocycles. The minimum atomic E-state index is -0.775. The lowest BCUT2D eigenvalue weighted by molar-refractivity contribution is -0.135. The van der Waals surface area contributed by atoms with E-state index in [1.165, 1.54) is 13.0 Å². The fourth-order valence-electron chi connectivity index (χ4n) is 1.76. The number of rotatable bonds is 5. The van der Waals surface area contributed by atoms with Crippen LogP contribution in [0.3, 0.4) is 0 Å². The summed E-state index contributed by atoms with van der Waals surface area (Å²) in [6, 6.07) is 0. The standard InChI is InChI=1S/C9H18N2O2/c1-11-5-3-8(7-11)2-4-10-6-9(12)13/h8,10H,2-7H2,1H3,(H,12,13). The minimum absolute atomic E-state index is 0.0859. The number of nitrogens with one attached hydrogen (secondary N) is 1. The molecule has 13 heavy (non-hydrogen) atoms. The Kier molecular flexibility index (Phi) is 4.18. The van der Waals surface area contributed by atoms with Crippen LogP contribution in [0.4, 0.5) is 0 Å². The van der Waals surface area contributed by atoms with E-state index >= 15 is 0 Å². The Morgan fingerprint density at radius 1 is 1.69 bits per heavy atom. The monoisotopic (exact) mass is 186 g/mol. The van der Waals surface area contributed by atoms with E-state index in [9.17, 15) is 4.79 Å². The molecule has 1 fully saturated rings. The largest absolute Gasteiger partial charge is 0.480 e. The van der Waals surface area contributed by atoms with Gasteiger partial charge in [0.05, 0.1) is 6.54 Å². The van der Waals surface area contributed by atoms with Crippen LogP contribution in [0.5, 0.6) is 0 Å². The van der Waals surface area contributed by atoms with Gasteiger partial charge in [0.1, 0.15) is 0 Å². The van der Waals surface area contributed by atoms with E-state index in [0.717, 1.165) is 25.4 Å². The van der Waals surface area contributed by atoms with Crippen LogP contribution < -0.4 is 5.32 Å². The van der Waals surface area contributed by atoms with E-state index in [4.69, 9.17) is 5.11 Å². The molecule has 1 atom stereocenters. The van der Waals surface area contributed by atoms with Gasteiger partial charge in [-0.05, 0) is 38.9 Å². The maximum atomic E-state index is 10.2. The molecule has 76 valence electrons. The number of likely N-dealkylation sites (tertiary alicyclic amines) is 1. The molecule has 1 rings (SSSR count). The molecule has 4 heteroatoms. The van der Waals surface area contributed by atoms with Crippen molar-refractivity contribution in [3.63, 3.8) is 0 Å². The van der Waals surface area contributed by atoms with Gasteiger partial charge >= 0.3 is 5.97 Å². The van der Waals surface area contributed by atoms with Gasteiger partial charge in [-0.25, -0.2) is 0 Å². The second kappa shape index (κ2) is 5.19. The molecule has 1 saturated heterocycles. The molecule has 0 aromatic carbocycles. The van der Waals surface area contributed by atoms with Crippen molar-refractivity contribution in [3.05, 3.63) is 0 Å². The Bertz CT molecular complexity index is 173. The molecule has 0 spiro atoms. The summed E-state index contributed by atoms with van der Waals surface area (Å²) in [6.45, 7) is 3.26. The zero-order chi connectivity index (χ0) is 9.68. The molecule has 1 heterocycles. The van der Waals surface area contributed by atoms with Gasteiger partial charge in [-0.1, -0.05) is 0 Å². The molecule has 0 aromatic rings. The molecule has 1 unspecified atom stereocenters. The van der Waals surface area contributed by atoms with Crippen LogP contribution in [0, 0.1) is 5.92 Å². The Hall–Kier alpha value is -0.610. The average molecular weight is 186 g/mol. The number of aliphatic carboxylic acids is 1. The average Bonchev–Trinajstić information content (AvgIpc) is 2.45. The fourth-order valence-corrected chi connectivity index (χ4v) is 1.76. The lowest BCUT2D eigenvalue weighted by Crippen LogP contribution is -2.25. The van der Waals surface area contributed by atoms with Crippen LogP contribution in [0.15, 0.2) is 0 Å². The molecular formula is C9H18N2O2. The van der Waals surface area contributed by atoms with Gasteiger partial charge in [0.15, 0.2) is 0 Å². The molecular weight excluding hydrogens is 168 g/mol. The van der Waals surface area contributed by atoms with Crippen molar-refractivity contribution in [2.24, 2.45) is 5.92 Å². The summed E-state index contributed by atoms with van der Waals surface area (Å²) in [7, 11) is 2.13. The minimum Gasteiger partial charge on any atom is -0.480 e. The van der Waals surface area contributed by atoms with Crippen molar-refractivity contribution in [3.8, 4) is 0 Å². The van der Waals surface area contributed by atoms with Gasteiger partial charge in [-0.3, -0.25) is 4.79 Å². The molecule has 0 radical (unpaired) electrons. The first kappa shape index (κ1) is 10.5. The lowest BCUT2D eigenvalue weighted by atomic mass is 10.1. The molecule has 0 aliphatic carbocycles. The Labute approximate surface area is 78.9 Å². The van der Waals surface area contributed by atoms with Crippen LogP contribution in [0.1, 0.15) is 12.8 Å². The number of hydrogen-bond donors (Lipinski definition) is 2. The fraction of sp³-hybridized carbons (Fsp3) is 0.889. The van der Waals surface area contributed by atoms with Crippen molar-refractivity contribution in [2.75, 3.05) is 33.2 Å². The topological polar surface area (TPSA) is 52.6 Å². The number of hydrogen-bond acceptors (Lipinski definition) is 3. The second-order valence-electron chi connectivity index (χ2n) is 3.78. The van der Waals surface area contributed by atoms with Gasteiger partial charge in [0.25, 0.3) is 0 Å². The summed E-state index contributed by atoms with van der Waals surface area (Å²) in [5.41, 5.74) is 0. The summed E-state index contributed by atoms with van der Waals surface area (Å²) in [6.07, 6.45) is 2.35. The Morgan fingerprint density at radius 3 is 3.00 bits per heavy atom. The number of carboxylic acid groups (broad SMARTS) is 1. The molecule has 1 aliphatic rings. The third-order valence-corrected chi connectivity index (χ3v) is 2.49. The predicted molar refractivity (Wildman–Crippen MR) is 50.7 cm³/mol. The second-order valence-corrected chi connectivity index (χ2v) is 3.78. The van der Waals surface area contributed by atoms with E-state index in [1.807, 2.05) is 0 Å². The molecule has 2 N–H and O–H groups in total. The summed E-state index contributed by atoms with van der Waals surface area (Å²) in [5, 5.41) is 11.3. The van der Waals surface area contributed by atoms with Crippen LogP contribution in [0.2, 0.25) is 0 Å². The van der Waals surface area contributed by atoms with E-state index in [1.54, 1.807) is 0 Å². The highest BCUT2D eigenvalue weighted by Gasteiger charge is 2.18. The third-order valence-electron chi connectivity index (χ3n) is 2.49. The van der Waals surface area contributed by atoms with Crippen LogP contribution >= 0.6 is 0 Å². The molecule has 0 bridgehead atoms. The highest BCUT2D eigenvalue weighted by atomic mass is 16.4. The van der Waals surface area contributed by atoms with Crippen LogP contribution in [0.25, 0.3) is 0 Å².